The highest BCUT2D eigenvalue weighted by molar-refractivity contribution is 5.91. The van der Waals surface area contributed by atoms with Crippen LogP contribution in [0.4, 0.5) is 0 Å². The average molecular weight is 329 g/mol. The fourth-order valence-electron chi connectivity index (χ4n) is 3.23. The molecule has 2 aromatic rings. The van der Waals surface area contributed by atoms with Gasteiger partial charge in [-0.1, -0.05) is 0 Å². The molecule has 1 aliphatic carbocycles. The zero-order chi connectivity index (χ0) is 16.5. The van der Waals surface area contributed by atoms with Crippen molar-refractivity contribution >= 4 is 5.91 Å². The molecular formula is C18H23N3O3. The Balaban J connectivity index is 1.52. The summed E-state index contributed by atoms with van der Waals surface area (Å²) >= 11 is 0. The third kappa shape index (κ3) is 3.11. The lowest BCUT2D eigenvalue weighted by Gasteiger charge is -2.31. The van der Waals surface area contributed by atoms with Crippen LogP contribution in [-0.2, 0) is 17.8 Å². The van der Waals surface area contributed by atoms with Gasteiger partial charge in [-0.15, -0.1) is 0 Å². The molecular weight excluding hydrogens is 306 g/mol. The third-order valence-electron chi connectivity index (χ3n) is 4.77. The van der Waals surface area contributed by atoms with E-state index in [2.05, 4.69) is 6.92 Å². The van der Waals surface area contributed by atoms with Crippen LogP contribution >= 0.6 is 0 Å². The maximum Gasteiger partial charge on any atom is 0.289 e. The molecule has 0 radical (unpaired) electrons. The van der Waals surface area contributed by atoms with E-state index >= 15 is 0 Å². The summed E-state index contributed by atoms with van der Waals surface area (Å²) in [5.41, 5.74) is 2.19. The largest absolute Gasteiger partial charge is 0.459 e. The molecule has 1 aliphatic heterocycles. The molecule has 24 heavy (non-hydrogen) atoms. The number of hydrogen-bond acceptors (Lipinski definition) is 4. The van der Waals surface area contributed by atoms with Crippen LogP contribution in [0.25, 0.3) is 0 Å². The van der Waals surface area contributed by atoms with Crippen molar-refractivity contribution in [3.8, 4) is 0 Å². The van der Waals surface area contributed by atoms with Gasteiger partial charge in [0.15, 0.2) is 5.76 Å². The first kappa shape index (κ1) is 15.4. The van der Waals surface area contributed by atoms with Crippen LogP contribution in [0.1, 0.15) is 47.5 Å². The van der Waals surface area contributed by atoms with E-state index in [1.165, 1.54) is 19.1 Å². The Hall–Kier alpha value is -2.08. The second kappa shape index (κ2) is 6.43. The second-order valence-electron chi connectivity index (χ2n) is 6.74. The van der Waals surface area contributed by atoms with Crippen molar-refractivity contribution in [2.75, 3.05) is 19.8 Å². The van der Waals surface area contributed by atoms with Gasteiger partial charge in [-0.3, -0.25) is 9.48 Å². The molecule has 1 saturated carbocycles. The summed E-state index contributed by atoms with van der Waals surface area (Å²) in [4.78, 5) is 14.5. The second-order valence-corrected chi connectivity index (χ2v) is 6.74. The molecule has 3 heterocycles. The summed E-state index contributed by atoms with van der Waals surface area (Å²) in [5.74, 6) is 1.18. The summed E-state index contributed by atoms with van der Waals surface area (Å²) in [6, 6.07) is 3.46. The Morgan fingerprint density at radius 2 is 2.29 bits per heavy atom. The molecule has 128 valence electrons. The monoisotopic (exact) mass is 329 g/mol. The standard InChI is InChI=1S/C18H23N3O3/c1-2-21-10-14-8-20(18(22)16-4-3-7-24-16)9-15(17(14)19-21)12-23-11-13-5-6-13/h3-4,7,10,13,15H,2,5-6,8-9,11-12H2,1H3/t15-/m1/s1. The highest BCUT2D eigenvalue weighted by Crippen LogP contribution is 2.31. The maximum absolute atomic E-state index is 12.6. The molecule has 2 aliphatic rings. The Morgan fingerprint density at radius 3 is 3.00 bits per heavy atom. The average Bonchev–Trinajstić information content (AvgIpc) is 3.11. The Kier molecular flexibility index (Phi) is 4.14. The van der Waals surface area contributed by atoms with E-state index in [0.29, 0.717) is 25.5 Å². The van der Waals surface area contributed by atoms with Gasteiger partial charge in [-0.05, 0) is 37.8 Å². The lowest BCUT2D eigenvalue weighted by Crippen LogP contribution is -2.39. The molecule has 0 unspecified atom stereocenters. The predicted octanol–water partition coefficient (Wildman–Crippen LogP) is 2.66. The molecule has 0 bridgehead atoms. The first-order valence-electron chi connectivity index (χ1n) is 8.71. The van der Waals surface area contributed by atoms with Crippen molar-refractivity contribution in [3.63, 3.8) is 0 Å². The number of ether oxygens (including phenoxy) is 1. The minimum atomic E-state index is -0.0675. The molecule has 1 fully saturated rings. The summed E-state index contributed by atoms with van der Waals surface area (Å²) in [6.07, 6.45) is 6.14. The molecule has 4 rings (SSSR count). The zero-order valence-corrected chi connectivity index (χ0v) is 14.0. The number of furan rings is 1. The summed E-state index contributed by atoms with van der Waals surface area (Å²) in [5, 5.41) is 4.70. The van der Waals surface area contributed by atoms with Crippen LogP contribution in [0, 0.1) is 5.92 Å². The topological polar surface area (TPSA) is 60.5 Å². The Morgan fingerprint density at radius 1 is 1.42 bits per heavy atom. The fourth-order valence-corrected chi connectivity index (χ4v) is 3.23. The number of nitrogens with zero attached hydrogens (tertiary/aromatic N) is 3. The summed E-state index contributed by atoms with van der Waals surface area (Å²) in [7, 11) is 0. The van der Waals surface area contributed by atoms with Gasteiger partial charge in [-0.25, -0.2) is 0 Å². The van der Waals surface area contributed by atoms with Crippen LogP contribution in [0.3, 0.4) is 0 Å². The number of aromatic nitrogens is 2. The van der Waals surface area contributed by atoms with E-state index < -0.39 is 0 Å². The summed E-state index contributed by atoms with van der Waals surface area (Å²) < 4.78 is 13.1. The van der Waals surface area contributed by atoms with E-state index in [4.69, 9.17) is 14.3 Å². The molecule has 6 nitrogen and oxygen atoms in total. The van der Waals surface area contributed by atoms with Crippen LogP contribution in [0.2, 0.25) is 0 Å². The van der Waals surface area contributed by atoms with Crippen LogP contribution < -0.4 is 0 Å². The quantitative estimate of drug-likeness (QED) is 0.817. The van der Waals surface area contributed by atoms with Crippen molar-refractivity contribution in [2.24, 2.45) is 5.92 Å². The van der Waals surface area contributed by atoms with E-state index in [0.717, 1.165) is 30.3 Å². The van der Waals surface area contributed by atoms with Gasteiger partial charge in [0.2, 0.25) is 0 Å². The number of amides is 1. The molecule has 2 aromatic heterocycles. The molecule has 1 atom stereocenters. The fraction of sp³-hybridized carbons (Fsp3) is 0.556. The number of aryl methyl sites for hydroxylation is 1. The number of fused-ring (bicyclic) bond motifs is 1. The zero-order valence-electron chi connectivity index (χ0n) is 14.0. The lowest BCUT2D eigenvalue weighted by atomic mass is 9.97. The van der Waals surface area contributed by atoms with Crippen LogP contribution in [0.5, 0.6) is 0 Å². The van der Waals surface area contributed by atoms with E-state index in [9.17, 15) is 4.79 Å². The van der Waals surface area contributed by atoms with Gasteiger partial charge in [0.05, 0.1) is 18.6 Å². The van der Waals surface area contributed by atoms with Gasteiger partial charge < -0.3 is 14.1 Å². The predicted molar refractivity (Wildman–Crippen MR) is 87.6 cm³/mol. The number of hydrogen-bond donors (Lipinski definition) is 0. The lowest BCUT2D eigenvalue weighted by molar-refractivity contribution is 0.0598. The number of carbonyl (C=O) groups is 1. The number of rotatable bonds is 6. The Bertz CT molecular complexity index is 703. The number of carbonyl (C=O) groups excluding carboxylic acids is 1. The highest BCUT2D eigenvalue weighted by Gasteiger charge is 2.33. The first-order chi connectivity index (χ1) is 11.7. The van der Waals surface area contributed by atoms with Gasteiger partial charge >= 0.3 is 0 Å². The normalized spacial score (nSPS) is 20.2. The smallest absolute Gasteiger partial charge is 0.289 e. The third-order valence-corrected chi connectivity index (χ3v) is 4.77. The Labute approximate surface area is 141 Å². The van der Waals surface area contributed by atoms with Gasteiger partial charge in [0.1, 0.15) is 0 Å². The van der Waals surface area contributed by atoms with Gasteiger partial charge in [0, 0.05) is 43.9 Å². The SMILES string of the molecule is CCn1cc2c(n1)[C@@H](COCC1CC1)CN(C(=O)c1ccco1)C2. The molecule has 1 amide bonds. The highest BCUT2D eigenvalue weighted by atomic mass is 16.5. The van der Waals surface area contributed by atoms with Gasteiger partial charge in [-0.2, -0.15) is 5.10 Å². The minimum Gasteiger partial charge on any atom is -0.459 e. The molecule has 0 N–H and O–H groups in total. The van der Waals surface area contributed by atoms with Gasteiger partial charge in [0.25, 0.3) is 5.91 Å². The first-order valence-corrected chi connectivity index (χ1v) is 8.71. The van der Waals surface area contributed by atoms with E-state index in [1.54, 1.807) is 12.1 Å². The minimum absolute atomic E-state index is 0.0675. The van der Waals surface area contributed by atoms with Crippen molar-refractivity contribution in [1.82, 2.24) is 14.7 Å². The molecule has 0 aromatic carbocycles. The van der Waals surface area contributed by atoms with Crippen LogP contribution in [-0.4, -0.2) is 40.3 Å². The maximum atomic E-state index is 12.6. The van der Waals surface area contributed by atoms with Crippen molar-refractivity contribution < 1.29 is 13.9 Å². The van der Waals surface area contributed by atoms with Crippen molar-refractivity contribution in [2.45, 2.75) is 38.8 Å². The van der Waals surface area contributed by atoms with Crippen molar-refractivity contribution in [1.29, 1.82) is 0 Å². The van der Waals surface area contributed by atoms with Crippen LogP contribution in [0.15, 0.2) is 29.0 Å². The summed E-state index contributed by atoms with van der Waals surface area (Å²) in [6.45, 7) is 5.54. The molecule has 0 spiro atoms. The van der Waals surface area contributed by atoms with Crippen molar-refractivity contribution in [3.05, 3.63) is 41.6 Å². The molecule has 6 heteroatoms. The van der Waals surface area contributed by atoms with E-state index in [1.807, 2.05) is 15.8 Å². The van der Waals surface area contributed by atoms with E-state index in [-0.39, 0.29) is 11.8 Å². The molecule has 0 saturated heterocycles.